The lowest BCUT2D eigenvalue weighted by Gasteiger charge is -1.99. The standard InChI is InChI=1S/C7H5ClFNOS/c8-7(11)10-12-6-4-2-1-3-5(6)9/h1-4H,(H,10,11). The van der Waals surface area contributed by atoms with Crippen LogP contribution in [0.1, 0.15) is 0 Å². The van der Waals surface area contributed by atoms with E-state index in [1.807, 2.05) is 0 Å². The molecule has 1 aromatic carbocycles. The lowest BCUT2D eigenvalue weighted by molar-refractivity contribution is 0.264. The predicted octanol–water partition coefficient (Wildman–Crippen LogP) is 2.78. The molecule has 0 aliphatic carbocycles. The summed E-state index contributed by atoms with van der Waals surface area (Å²) in [6.07, 6.45) is 0. The molecule has 64 valence electrons. The monoisotopic (exact) mass is 205 g/mol. The average Bonchev–Trinajstić information content (AvgIpc) is 2.03. The molecule has 0 radical (unpaired) electrons. The van der Waals surface area contributed by atoms with Crippen molar-refractivity contribution in [3.63, 3.8) is 0 Å². The fraction of sp³-hybridized carbons (Fsp3) is 0. The highest BCUT2D eigenvalue weighted by atomic mass is 35.5. The zero-order valence-electron chi connectivity index (χ0n) is 5.88. The molecule has 1 rings (SSSR count). The van der Waals surface area contributed by atoms with Crippen molar-refractivity contribution in [2.24, 2.45) is 0 Å². The van der Waals surface area contributed by atoms with Crippen LogP contribution in [0.25, 0.3) is 0 Å². The Kier molecular flexibility index (Phi) is 3.37. The molecule has 0 aliphatic heterocycles. The second kappa shape index (κ2) is 4.33. The molecule has 5 heteroatoms. The lowest BCUT2D eigenvalue weighted by atomic mass is 10.4. The highest BCUT2D eigenvalue weighted by molar-refractivity contribution is 7.98. The van der Waals surface area contributed by atoms with Crippen LogP contribution < -0.4 is 4.72 Å². The number of amides is 1. The fourth-order valence-electron chi connectivity index (χ4n) is 0.623. The summed E-state index contributed by atoms with van der Waals surface area (Å²) in [5, 5.41) is -0.719. The van der Waals surface area contributed by atoms with Crippen LogP contribution in [0.5, 0.6) is 0 Å². The Hall–Kier alpha value is -0.740. The summed E-state index contributed by atoms with van der Waals surface area (Å²) < 4.78 is 15.0. The number of halogens is 2. The lowest BCUT2D eigenvalue weighted by Crippen LogP contribution is -2.05. The zero-order chi connectivity index (χ0) is 8.97. The highest BCUT2D eigenvalue weighted by Gasteiger charge is 2.01. The normalized spacial score (nSPS) is 9.50. The molecule has 1 amide bonds. The molecule has 0 bridgehead atoms. The zero-order valence-corrected chi connectivity index (χ0v) is 7.45. The van der Waals surface area contributed by atoms with Crippen molar-refractivity contribution in [3.8, 4) is 0 Å². The molecule has 0 atom stereocenters. The third-order valence-corrected chi connectivity index (χ3v) is 2.12. The maximum atomic E-state index is 12.8. The Bertz CT molecular complexity index is 294. The van der Waals surface area contributed by atoms with Gasteiger partial charge in [0.1, 0.15) is 5.82 Å². The number of hydrogen-bond donors (Lipinski definition) is 1. The van der Waals surface area contributed by atoms with E-state index in [0.717, 1.165) is 11.9 Å². The Morgan fingerprint density at radius 2 is 2.17 bits per heavy atom. The first-order valence-electron chi connectivity index (χ1n) is 3.07. The minimum atomic E-state index is -0.719. The molecule has 0 aliphatic rings. The molecule has 12 heavy (non-hydrogen) atoms. The van der Waals surface area contributed by atoms with Gasteiger partial charge in [0.05, 0.1) is 4.90 Å². The molecule has 0 heterocycles. The molecule has 1 aromatic rings. The van der Waals surface area contributed by atoms with Crippen LogP contribution in [0.3, 0.4) is 0 Å². The Labute approximate surface area is 78.2 Å². The molecule has 0 saturated heterocycles. The van der Waals surface area contributed by atoms with Gasteiger partial charge in [-0.15, -0.1) is 0 Å². The van der Waals surface area contributed by atoms with Crippen molar-refractivity contribution in [1.29, 1.82) is 0 Å². The molecule has 0 spiro atoms. The van der Waals surface area contributed by atoms with Gasteiger partial charge in [-0.1, -0.05) is 12.1 Å². The number of hydrogen-bond acceptors (Lipinski definition) is 2. The van der Waals surface area contributed by atoms with Gasteiger partial charge in [-0.3, -0.25) is 9.52 Å². The number of rotatable bonds is 2. The van der Waals surface area contributed by atoms with E-state index >= 15 is 0 Å². The molecule has 1 N–H and O–H groups in total. The summed E-state index contributed by atoms with van der Waals surface area (Å²) in [6, 6.07) is 6.10. The van der Waals surface area contributed by atoms with E-state index < -0.39 is 5.37 Å². The average molecular weight is 206 g/mol. The van der Waals surface area contributed by atoms with E-state index in [-0.39, 0.29) is 5.82 Å². The van der Waals surface area contributed by atoms with E-state index in [1.54, 1.807) is 18.2 Å². The first-order chi connectivity index (χ1) is 5.70. The van der Waals surface area contributed by atoms with Crippen LogP contribution in [0, 0.1) is 5.82 Å². The second-order valence-corrected chi connectivity index (χ2v) is 3.10. The first-order valence-corrected chi connectivity index (χ1v) is 4.26. The van der Waals surface area contributed by atoms with Crippen LogP contribution in [0.2, 0.25) is 0 Å². The van der Waals surface area contributed by atoms with Gasteiger partial charge in [-0.2, -0.15) is 0 Å². The molecule has 0 saturated carbocycles. The fourth-order valence-corrected chi connectivity index (χ4v) is 1.24. The van der Waals surface area contributed by atoms with Gasteiger partial charge in [-0.25, -0.2) is 4.39 Å². The SMILES string of the molecule is O=C(Cl)NSc1ccccc1F. The van der Waals surface area contributed by atoms with Crippen molar-refractivity contribution in [1.82, 2.24) is 4.72 Å². The van der Waals surface area contributed by atoms with Crippen molar-refractivity contribution in [2.45, 2.75) is 4.90 Å². The van der Waals surface area contributed by atoms with Crippen LogP contribution in [-0.4, -0.2) is 5.37 Å². The number of carbonyl (C=O) groups is 1. The molecule has 0 unspecified atom stereocenters. The Morgan fingerprint density at radius 3 is 2.75 bits per heavy atom. The van der Waals surface area contributed by atoms with Crippen LogP contribution >= 0.6 is 23.5 Å². The van der Waals surface area contributed by atoms with E-state index in [2.05, 4.69) is 4.72 Å². The summed E-state index contributed by atoms with van der Waals surface area (Å²) in [6.45, 7) is 0. The van der Waals surface area contributed by atoms with Gasteiger partial charge in [0.25, 0.3) is 0 Å². The van der Waals surface area contributed by atoms with Crippen molar-refractivity contribution in [2.75, 3.05) is 0 Å². The minimum absolute atomic E-state index is 0.339. The summed E-state index contributed by atoms with van der Waals surface area (Å²) in [5.74, 6) is -0.382. The predicted molar refractivity (Wildman–Crippen MR) is 46.6 cm³/mol. The van der Waals surface area contributed by atoms with E-state index in [9.17, 15) is 9.18 Å². The van der Waals surface area contributed by atoms with Crippen LogP contribution in [0.15, 0.2) is 29.2 Å². The van der Waals surface area contributed by atoms with E-state index in [1.165, 1.54) is 6.07 Å². The van der Waals surface area contributed by atoms with Crippen molar-refractivity contribution < 1.29 is 9.18 Å². The van der Waals surface area contributed by atoms with E-state index in [0.29, 0.717) is 4.90 Å². The molecule has 0 fully saturated rings. The highest BCUT2D eigenvalue weighted by Crippen LogP contribution is 2.17. The first kappa shape index (κ1) is 9.35. The maximum Gasteiger partial charge on any atom is 0.323 e. The molecule has 2 nitrogen and oxygen atoms in total. The summed E-state index contributed by atoms with van der Waals surface area (Å²) in [5.41, 5.74) is 0. The van der Waals surface area contributed by atoms with Crippen molar-refractivity contribution in [3.05, 3.63) is 30.1 Å². The van der Waals surface area contributed by atoms with Gasteiger partial charge >= 0.3 is 5.37 Å². The van der Waals surface area contributed by atoms with Gasteiger partial charge < -0.3 is 0 Å². The van der Waals surface area contributed by atoms with Crippen molar-refractivity contribution >= 4 is 28.9 Å². The van der Waals surface area contributed by atoms with Gasteiger partial charge in [0.2, 0.25) is 0 Å². The van der Waals surface area contributed by atoms with Crippen LogP contribution in [-0.2, 0) is 0 Å². The summed E-state index contributed by atoms with van der Waals surface area (Å²) >= 11 is 5.84. The number of carbonyl (C=O) groups excluding carboxylic acids is 1. The second-order valence-electron chi connectivity index (χ2n) is 1.91. The van der Waals surface area contributed by atoms with Crippen LogP contribution in [0.4, 0.5) is 9.18 Å². The third-order valence-electron chi connectivity index (χ3n) is 1.08. The molecule has 0 aromatic heterocycles. The maximum absolute atomic E-state index is 12.8. The van der Waals surface area contributed by atoms with Gasteiger partial charge in [0.15, 0.2) is 0 Å². The quantitative estimate of drug-likeness (QED) is 0.457. The molecular weight excluding hydrogens is 201 g/mol. The van der Waals surface area contributed by atoms with Gasteiger partial charge in [0, 0.05) is 0 Å². The smallest absolute Gasteiger partial charge is 0.282 e. The summed E-state index contributed by atoms with van der Waals surface area (Å²) in [7, 11) is 0. The molecular formula is C7H5ClFNOS. The van der Waals surface area contributed by atoms with Gasteiger partial charge in [-0.05, 0) is 35.7 Å². The Balaban J connectivity index is 2.63. The number of benzene rings is 1. The topological polar surface area (TPSA) is 29.1 Å². The largest absolute Gasteiger partial charge is 0.323 e. The summed E-state index contributed by atoms with van der Waals surface area (Å²) in [4.78, 5) is 10.6. The third kappa shape index (κ3) is 2.71. The van der Waals surface area contributed by atoms with E-state index in [4.69, 9.17) is 11.6 Å². The Morgan fingerprint density at radius 1 is 1.50 bits per heavy atom. The minimum Gasteiger partial charge on any atom is -0.282 e. The number of nitrogens with one attached hydrogen (secondary N) is 1.